The number of nitrogens with zero attached hydrogens (tertiary/aromatic N) is 1. The third kappa shape index (κ3) is 5.44. The van der Waals surface area contributed by atoms with Gasteiger partial charge in [-0.3, -0.25) is 9.59 Å². The van der Waals surface area contributed by atoms with E-state index >= 15 is 0 Å². The number of benzene rings is 3. The van der Waals surface area contributed by atoms with Gasteiger partial charge in [-0.2, -0.15) is 13.2 Å². The molecule has 0 saturated heterocycles. The fraction of sp³-hybridized carbons (Fsp3) is 0.0800. The molecule has 37 heavy (non-hydrogen) atoms. The number of halogens is 6. The van der Waals surface area contributed by atoms with Gasteiger partial charge in [0.25, 0.3) is 11.8 Å². The minimum absolute atomic E-state index is 0.185. The minimum Gasteiger partial charge on any atom is -0.423 e. The normalized spacial score (nSPS) is 13.9. The fourth-order valence-electron chi connectivity index (χ4n) is 3.37. The van der Waals surface area contributed by atoms with Gasteiger partial charge >= 0.3 is 12.1 Å². The summed E-state index contributed by atoms with van der Waals surface area (Å²) in [7, 11) is 0. The van der Waals surface area contributed by atoms with Crippen LogP contribution in [0.5, 0.6) is 5.75 Å². The van der Waals surface area contributed by atoms with Crippen LogP contribution in [0.2, 0.25) is 10.0 Å². The molecule has 0 radical (unpaired) electrons. The van der Waals surface area contributed by atoms with Gasteiger partial charge in [0, 0.05) is 10.7 Å². The molecule has 12 heteroatoms. The van der Waals surface area contributed by atoms with E-state index in [1.165, 1.54) is 24.3 Å². The number of hydrogen-bond donors (Lipinski definition) is 1. The fourth-order valence-corrected chi connectivity index (χ4v) is 3.90. The number of alkyl halides is 3. The zero-order chi connectivity index (χ0) is 27.1. The molecular weight excluding hydrogens is 556 g/mol. The summed E-state index contributed by atoms with van der Waals surface area (Å²) in [6.45, 7) is 1.76. The van der Waals surface area contributed by atoms with Crippen LogP contribution in [0.3, 0.4) is 0 Å². The summed E-state index contributed by atoms with van der Waals surface area (Å²) >= 11 is 18.0. The molecule has 0 bridgehead atoms. The van der Waals surface area contributed by atoms with Crippen molar-refractivity contribution in [3.8, 4) is 5.75 Å². The number of nitrogens with one attached hydrogen (secondary N) is 1. The molecule has 0 aromatic heterocycles. The molecule has 3 aromatic rings. The Morgan fingerprint density at radius 2 is 1.54 bits per heavy atom. The molecule has 0 unspecified atom stereocenters. The maximum atomic E-state index is 13.1. The lowest BCUT2D eigenvalue weighted by Gasteiger charge is -2.18. The van der Waals surface area contributed by atoms with Crippen LogP contribution >= 0.6 is 34.8 Å². The molecule has 4 rings (SSSR count). The smallest absolute Gasteiger partial charge is 0.416 e. The second-order valence-electron chi connectivity index (χ2n) is 7.80. The summed E-state index contributed by atoms with van der Waals surface area (Å²) in [6.07, 6.45) is -4.72. The monoisotopic (exact) mass is 568 g/mol. The van der Waals surface area contributed by atoms with Crippen molar-refractivity contribution in [1.29, 1.82) is 0 Å². The summed E-state index contributed by atoms with van der Waals surface area (Å²) < 4.78 is 44.8. The van der Waals surface area contributed by atoms with Gasteiger partial charge in [-0.25, -0.2) is 9.69 Å². The molecule has 0 spiro atoms. The van der Waals surface area contributed by atoms with Crippen molar-refractivity contribution in [3.63, 3.8) is 0 Å². The van der Waals surface area contributed by atoms with Gasteiger partial charge in [0.2, 0.25) is 0 Å². The van der Waals surface area contributed by atoms with Gasteiger partial charge in [-0.05, 0) is 73.2 Å². The van der Waals surface area contributed by atoms with Gasteiger partial charge in [0.1, 0.15) is 16.5 Å². The zero-order valence-corrected chi connectivity index (χ0v) is 20.9. The predicted octanol–water partition coefficient (Wildman–Crippen LogP) is 6.98. The molecule has 0 fully saturated rings. The number of esters is 1. The maximum Gasteiger partial charge on any atom is 0.416 e. The van der Waals surface area contributed by atoms with Crippen LogP contribution in [0.4, 0.5) is 24.5 Å². The molecule has 2 amide bonds. The number of hydrogen-bond acceptors (Lipinski definition) is 5. The highest BCUT2D eigenvalue weighted by Gasteiger charge is 2.41. The first kappa shape index (κ1) is 26.5. The van der Waals surface area contributed by atoms with Crippen LogP contribution in [0.25, 0.3) is 0 Å². The van der Waals surface area contributed by atoms with Crippen molar-refractivity contribution in [2.45, 2.75) is 13.1 Å². The van der Waals surface area contributed by atoms with E-state index < -0.39 is 40.2 Å². The van der Waals surface area contributed by atoms with E-state index in [9.17, 15) is 27.6 Å². The molecular formula is C25H14Cl3F3N2O4. The zero-order valence-electron chi connectivity index (χ0n) is 18.6. The van der Waals surface area contributed by atoms with E-state index in [0.717, 1.165) is 17.7 Å². The molecule has 0 aliphatic carbocycles. The molecule has 1 heterocycles. The first-order valence-corrected chi connectivity index (χ1v) is 11.5. The van der Waals surface area contributed by atoms with Crippen molar-refractivity contribution in [3.05, 3.63) is 98.1 Å². The van der Waals surface area contributed by atoms with Gasteiger partial charge in [0.15, 0.2) is 0 Å². The molecule has 6 nitrogen and oxygen atoms in total. The Morgan fingerprint density at radius 3 is 2.16 bits per heavy atom. The Labute approximate surface area is 223 Å². The molecule has 190 valence electrons. The topological polar surface area (TPSA) is 75.7 Å². The van der Waals surface area contributed by atoms with Crippen LogP contribution in [0, 0.1) is 6.92 Å². The van der Waals surface area contributed by atoms with Gasteiger partial charge in [0.05, 0.1) is 21.8 Å². The van der Waals surface area contributed by atoms with E-state index in [2.05, 4.69) is 5.32 Å². The second-order valence-corrected chi connectivity index (χ2v) is 8.99. The lowest BCUT2D eigenvalue weighted by atomic mass is 10.1. The Morgan fingerprint density at radius 1 is 0.892 bits per heavy atom. The SMILES string of the molecule is Cc1cc(OC(=O)c2ccc(NC3=C(Cl)C(=O)N(c4cc(C(F)(F)F)ccc4Cl)C3=O)cc2)ccc1Cl. The Hall–Kier alpha value is -3.53. The quantitative estimate of drug-likeness (QED) is 0.204. The van der Waals surface area contributed by atoms with Gasteiger partial charge < -0.3 is 10.1 Å². The van der Waals surface area contributed by atoms with Gasteiger partial charge in [-0.1, -0.05) is 34.8 Å². The summed E-state index contributed by atoms with van der Waals surface area (Å²) in [5, 5.41) is 2.40. The first-order valence-electron chi connectivity index (χ1n) is 10.4. The van der Waals surface area contributed by atoms with Crippen molar-refractivity contribution < 1.29 is 32.3 Å². The number of amides is 2. The van der Waals surface area contributed by atoms with E-state index in [0.29, 0.717) is 21.7 Å². The largest absolute Gasteiger partial charge is 0.423 e. The Bertz CT molecular complexity index is 1470. The number of carbonyl (C=O) groups is 3. The van der Waals surface area contributed by atoms with Crippen LogP contribution in [0.1, 0.15) is 21.5 Å². The summed E-state index contributed by atoms with van der Waals surface area (Å²) in [4.78, 5) is 38.5. The van der Waals surface area contributed by atoms with E-state index in [1.54, 1.807) is 25.1 Å². The first-order chi connectivity index (χ1) is 17.4. The van der Waals surface area contributed by atoms with E-state index in [1.807, 2.05) is 0 Å². The maximum absolute atomic E-state index is 13.1. The van der Waals surface area contributed by atoms with Crippen molar-refractivity contribution >= 4 is 64.0 Å². The van der Waals surface area contributed by atoms with E-state index in [4.69, 9.17) is 39.5 Å². The van der Waals surface area contributed by atoms with Crippen LogP contribution in [0.15, 0.2) is 71.4 Å². The number of anilines is 2. The third-order valence-electron chi connectivity index (χ3n) is 5.27. The number of rotatable bonds is 5. The molecule has 1 N–H and O–H groups in total. The van der Waals surface area contributed by atoms with Crippen LogP contribution < -0.4 is 15.0 Å². The number of imide groups is 1. The van der Waals surface area contributed by atoms with Crippen molar-refractivity contribution in [1.82, 2.24) is 0 Å². The Balaban J connectivity index is 1.52. The summed E-state index contributed by atoms with van der Waals surface area (Å²) in [6, 6.07) is 12.7. The highest BCUT2D eigenvalue weighted by molar-refractivity contribution is 6.53. The second kappa shape index (κ2) is 10.1. The average molecular weight is 570 g/mol. The third-order valence-corrected chi connectivity index (χ3v) is 6.37. The van der Waals surface area contributed by atoms with E-state index in [-0.39, 0.29) is 22.0 Å². The lowest BCUT2D eigenvalue weighted by Crippen LogP contribution is -2.32. The molecule has 0 atom stereocenters. The van der Waals surface area contributed by atoms with Crippen molar-refractivity contribution in [2.24, 2.45) is 0 Å². The van der Waals surface area contributed by atoms with Crippen LogP contribution in [-0.2, 0) is 15.8 Å². The van der Waals surface area contributed by atoms with Crippen LogP contribution in [-0.4, -0.2) is 17.8 Å². The highest BCUT2D eigenvalue weighted by atomic mass is 35.5. The summed E-state index contributed by atoms with van der Waals surface area (Å²) in [5.74, 6) is -2.40. The molecule has 0 saturated carbocycles. The minimum atomic E-state index is -4.72. The number of carbonyl (C=O) groups excluding carboxylic acids is 3. The molecule has 1 aliphatic heterocycles. The number of aryl methyl sites for hydroxylation is 1. The Kier molecular flexibility index (Phi) is 7.23. The number of ether oxygens (including phenoxy) is 1. The predicted molar refractivity (Wildman–Crippen MR) is 133 cm³/mol. The summed E-state index contributed by atoms with van der Waals surface area (Å²) in [5.41, 5.74) is -0.743. The van der Waals surface area contributed by atoms with Crippen molar-refractivity contribution in [2.75, 3.05) is 10.2 Å². The molecule has 3 aromatic carbocycles. The van der Waals surface area contributed by atoms with Gasteiger partial charge in [-0.15, -0.1) is 0 Å². The highest BCUT2D eigenvalue weighted by Crippen LogP contribution is 2.38. The average Bonchev–Trinajstić information content (AvgIpc) is 3.04. The molecule has 1 aliphatic rings. The lowest BCUT2D eigenvalue weighted by molar-refractivity contribution is -0.137. The standard InChI is InChI=1S/C25H14Cl3F3N2O4/c1-12-10-16(7-9-17(12)26)37-24(36)13-2-5-15(6-3-13)32-21-20(28)22(34)33(23(21)35)19-11-14(25(29,30)31)4-8-18(19)27/h2-11,32H,1H3.